The van der Waals surface area contributed by atoms with Crippen molar-refractivity contribution in [2.75, 3.05) is 38.2 Å². The molecule has 0 saturated carbocycles. The standard InChI is InChI=1S/C21H21N3O3/c1-27-17-8-6-16(7-9-17)23-10-12-24(13-11-23)21(26)19-14-15-4-2-3-5-18(15)20(25)22-19/h2-9H,10-14H2,1H3. The quantitative estimate of drug-likeness (QED) is 0.839. The van der Waals surface area contributed by atoms with Gasteiger partial charge >= 0.3 is 0 Å². The minimum Gasteiger partial charge on any atom is -0.497 e. The molecule has 2 amide bonds. The number of amides is 2. The van der Waals surface area contributed by atoms with E-state index in [9.17, 15) is 9.59 Å². The minimum atomic E-state index is -0.322. The Morgan fingerprint density at radius 2 is 1.70 bits per heavy atom. The first-order chi connectivity index (χ1) is 13.2. The Hall–Kier alpha value is -3.15. The summed E-state index contributed by atoms with van der Waals surface area (Å²) in [5.74, 6) is 0.372. The van der Waals surface area contributed by atoms with E-state index in [1.807, 2.05) is 42.5 Å². The summed E-state index contributed by atoms with van der Waals surface area (Å²) in [6, 6.07) is 15.3. The first-order valence-electron chi connectivity index (χ1n) is 9.04. The Morgan fingerprint density at radius 1 is 1.00 bits per heavy atom. The van der Waals surface area contributed by atoms with Crippen molar-refractivity contribution >= 4 is 23.2 Å². The fourth-order valence-electron chi connectivity index (χ4n) is 3.55. The van der Waals surface area contributed by atoms with Crippen molar-refractivity contribution in [2.45, 2.75) is 6.42 Å². The van der Waals surface area contributed by atoms with Crippen LogP contribution in [0.15, 0.2) is 53.5 Å². The summed E-state index contributed by atoms with van der Waals surface area (Å²) in [5.41, 5.74) is 2.93. The predicted molar refractivity (Wildman–Crippen MR) is 104 cm³/mol. The number of ether oxygens (including phenoxy) is 1. The highest BCUT2D eigenvalue weighted by Crippen LogP contribution is 2.22. The summed E-state index contributed by atoms with van der Waals surface area (Å²) in [6.07, 6.45) is 0.416. The lowest BCUT2D eigenvalue weighted by Gasteiger charge is -2.36. The van der Waals surface area contributed by atoms with Crippen molar-refractivity contribution in [3.05, 3.63) is 59.7 Å². The maximum Gasteiger partial charge on any atom is 0.277 e. The minimum absolute atomic E-state index is 0.132. The largest absolute Gasteiger partial charge is 0.497 e. The van der Waals surface area contributed by atoms with Gasteiger partial charge in [-0.3, -0.25) is 9.59 Å². The smallest absolute Gasteiger partial charge is 0.277 e. The van der Waals surface area contributed by atoms with Gasteiger partial charge in [-0.15, -0.1) is 0 Å². The number of benzene rings is 2. The second kappa shape index (κ2) is 7.23. The topological polar surface area (TPSA) is 62.2 Å². The molecule has 138 valence electrons. The number of anilines is 1. The zero-order valence-electron chi connectivity index (χ0n) is 15.2. The molecule has 0 spiro atoms. The second-order valence-corrected chi connectivity index (χ2v) is 6.67. The van der Waals surface area contributed by atoms with E-state index in [1.54, 1.807) is 18.1 Å². The van der Waals surface area contributed by atoms with Gasteiger partial charge in [0.05, 0.1) is 7.11 Å². The number of piperazine rings is 1. The molecule has 1 saturated heterocycles. The lowest BCUT2D eigenvalue weighted by molar-refractivity contribution is -0.124. The van der Waals surface area contributed by atoms with Crippen LogP contribution in [0.5, 0.6) is 5.75 Å². The Kier molecular flexibility index (Phi) is 4.62. The van der Waals surface area contributed by atoms with Gasteiger partial charge in [0, 0.05) is 43.9 Å². The molecule has 2 aliphatic rings. The third-order valence-electron chi connectivity index (χ3n) is 5.09. The Morgan fingerprint density at radius 3 is 2.41 bits per heavy atom. The number of fused-ring (bicyclic) bond motifs is 1. The predicted octanol–water partition coefficient (Wildman–Crippen LogP) is 2.18. The summed E-state index contributed by atoms with van der Waals surface area (Å²) in [5, 5.41) is 0. The van der Waals surface area contributed by atoms with Crippen molar-refractivity contribution in [3.63, 3.8) is 0 Å². The van der Waals surface area contributed by atoms with Crippen LogP contribution >= 0.6 is 0 Å². The highest BCUT2D eigenvalue weighted by molar-refractivity contribution is 6.42. The molecule has 27 heavy (non-hydrogen) atoms. The average Bonchev–Trinajstić information content (AvgIpc) is 2.73. The SMILES string of the molecule is COc1ccc(N2CCN(C(=O)C3=NC(=O)c4ccccc4C3)CC2)cc1. The summed E-state index contributed by atoms with van der Waals surface area (Å²) in [7, 11) is 1.65. The van der Waals surface area contributed by atoms with Crippen molar-refractivity contribution in [1.29, 1.82) is 0 Å². The summed E-state index contributed by atoms with van der Waals surface area (Å²) >= 11 is 0. The zero-order valence-corrected chi connectivity index (χ0v) is 15.2. The van der Waals surface area contributed by atoms with Crippen LogP contribution in [0, 0.1) is 0 Å². The molecule has 6 heteroatoms. The zero-order chi connectivity index (χ0) is 18.8. The number of methoxy groups -OCH3 is 1. The molecule has 0 atom stereocenters. The number of hydrogen-bond acceptors (Lipinski definition) is 4. The molecule has 0 radical (unpaired) electrons. The number of rotatable bonds is 3. The normalized spacial score (nSPS) is 16.6. The Labute approximate surface area is 158 Å². The molecule has 2 aliphatic heterocycles. The molecule has 1 fully saturated rings. The Balaban J connectivity index is 1.41. The van der Waals surface area contributed by atoms with Crippen molar-refractivity contribution in [1.82, 2.24) is 4.90 Å². The van der Waals surface area contributed by atoms with Crippen molar-refractivity contribution in [3.8, 4) is 5.75 Å². The molecule has 4 rings (SSSR count). The molecular formula is C21H21N3O3. The molecule has 2 aromatic carbocycles. The van der Waals surface area contributed by atoms with Crippen LogP contribution in [0.3, 0.4) is 0 Å². The van der Waals surface area contributed by atoms with Crippen molar-refractivity contribution in [2.24, 2.45) is 4.99 Å². The summed E-state index contributed by atoms with van der Waals surface area (Å²) in [6.45, 7) is 2.71. The maximum absolute atomic E-state index is 12.8. The van der Waals surface area contributed by atoms with Gasteiger partial charge in [-0.1, -0.05) is 18.2 Å². The van der Waals surface area contributed by atoms with E-state index < -0.39 is 0 Å². The van der Waals surface area contributed by atoms with Crippen molar-refractivity contribution < 1.29 is 14.3 Å². The van der Waals surface area contributed by atoms with Crippen LogP contribution in [0.2, 0.25) is 0 Å². The van der Waals surface area contributed by atoms with Gasteiger partial charge in [0.2, 0.25) is 0 Å². The molecule has 2 aromatic rings. The van der Waals surface area contributed by atoms with Gasteiger partial charge in [-0.05, 0) is 35.9 Å². The van der Waals surface area contributed by atoms with Crippen LogP contribution in [-0.4, -0.2) is 55.7 Å². The third kappa shape index (κ3) is 3.43. The van der Waals surface area contributed by atoms with E-state index >= 15 is 0 Å². The highest BCUT2D eigenvalue weighted by atomic mass is 16.5. The molecule has 0 aromatic heterocycles. The lowest BCUT2D eigenvalue weighted by atomic mass is 9.97. The van der Waals surface area contributed by atoms with Gasteiger partial charge < -0.3 is 14.5 Å². The summed E-state index contributed by atoms with van der Waals surface area (Å²) < 4.78 is 5.19. The van der Waals surface area contributed by atoms with E-state index in [0.29, 0.717) is 30.8 Å². The first kappa shape index (κ1) is 17.3. The molecule has 0 N–H and O–H groups in total. The monoisotopic (exact) mass is 363 g/mol. The average molecular weight is 363 g/mol. The van der Waals surface area contributed by atoms with E-state index in [4.69, 9.17) is 4.74 Å². The third-order valence-corrected chi connectivity index (χ3v) is 5.09. The van der Waals surface area contributed by atoms with Crippen LogP contribution in [0.1, 0.15) is 15.9 Å². The van der Waals surface area contributed by atoms with E-state index in [-0.39, 0.29) is 11.8 Å². The number of nitrogens with zero attached hydrogens (tertiary/aromatic N) is 3. The van der Waals surface area contributed by atoms with Crippen LogP contribution < -0.4 is 9.64 Å². The molecule has 2 heterocycles. The van der Waals surface area contributed by atoms with E-state index in [2.05, 4.69) is 9.89 Å². The van der Waals surface area contributed by atoms with E-state index in [1.165, 1.54) is 0 Å². The first-order valence-corrected chi connectivity index (χ1v) is 9.04. The molecule has 0 aliphatic carbocycles. The van der Waals surface area contributed by atoms with Gasteiger partial charge in [-0.25, -0.2) is 4.99 Å². The fourth-order valence-corrected chi connectivity index (χ4v) is 3.55. The number of hydrogen-bond donors (Lipinski definition) is 0. The van der Waals surface area contributed by atoms with Gasteiger partial charge in [0.1, 0.15) is 11.5 Å². The summed E-state index contributed by atoms with van der Waals surface area (Å²) in [4.78, 5) is 33.1. The molecule has 0 unspecified atom stereocenters. The highest BCUT2D eigenvalue weighted by Gasteiger charge is 2.28. The van der Waals surface area contributed by atoms with Crippen LogP contribution in [0.4, 0.5) is 5.69 Å². The van der Waals surface area contributed by atoms with Gasteiger partial charge in [0.25, 0.3) is 11.8 Å². The van der Waals surface area contributed by atoms with Gasteiger partial charge in [-0.2, -0.15) is 0 Å². The second-order valence-electron chi connectivity index (χ2n) is 6.67. The van der Waals surface area contributed by atoms with Gasteiger partial charge in [0.15, 0.2) is 0 Å². The number of carbonyl (C=O) groups is 2. The van der Waals surface area contributed by atoms with Crippen LogP contribution in [0.25, 0.3) is 0 Å². The number of aliphatic imine (C=N–C) groups is 1. The van der Waals surface area contributed by atoms with E-state index in [0.717, 1.165) is 30.1 Å². The molecule has 6 nitrogen and oxygen atoms in total. The maximum atomic E-state index is 12.8. The fraction of sp³-hybridized carbons (Fsp3) is 0.286. The molecular weight excluding hydrogens is 342 g/mol. The molecule has 0 bridgehead atoms. The lowest BCUT2D eigenvalue weighted by Crippen LogP contribution is -2.51. The number of carbonyl (C=O) groups excluding carboxylic acids is 2. The Bertz CT molecular complexity index is 897. The van der Waals surface area contributed by atoms with Crippen LogP contribution in [-0.2, 0) is 11.2 Å².